The van der Waals surface area contributed by atoms with Crippen LogP contribution in [0.5, 0.6) is 11.5 Å². The van der Waals surface area contributed by atoms with E-state index in [4.69, 9.17) is 4.74 Å². The van der Waals surface area contributed by atoms with E-state index in [2.05, 4.69) is 0 Å². The molecule has 0 aliphatic carbocycles. The molecular weight excluding hydrogens is 643 g/mol. The van der Waals surface area contributed by atoms with Crippen LogP contribution in [0, 0.1) is 5.92 Å². The molecule has 12 heteroatoms. The van der Waals surface area contributed by atoms with Crippen LogP contribution in [0.1, 0.15) is 80.4 Å². The van der Waals surface area contributed by atoms with Crippen molar-refractivity contribution in [1.82, 2.24) is 4.90 Å². The summed E-state index contributed by atoms with van der Waals surface area (Å²) < 4.78 is 78.2. The minimum Gasteiger partial charge on any atom is -0.453 e. The Kier molecular flexibility index (Phi) is 11.1. The van der Waals surface area contributed by atoms with Crippen molar-refractivity contribution in [3.05, 3.63) is 81.2 Å². The van der Waals surface area contributed by atoms with E-state index >= 15 is 0 Å². The molecule has 0 atom stereocenters. The summed E-state index contributed by atoms with van der Waals surface area (Å²) in [7, 11) is -8.09. The van der Waals surface area contributed by atoms with Crippen molar-refractivity contribution in [3.63, 3.8) is 0 Å². The fourth-order valence-corrected chi connectivity index (χ4v) is 7.57. The molecule has 1 amide bonds. The van der Waals surface area contributed by atoms with Crippen LogP contribution in [0.15, 0.2) is 58.3 Å². The van der Waals surface area contributed by atoms with Crippen LogP contribution >= 0.6 is 0 Å². The molecule has 0 saturated carbocycles. The number of nitrogens with zero attached hydrogens (tertiary/aromatic N) is 1. The highest BCUT2D eigenvalue weighted by atomic mass is 32.2. The molecule has 3 aromatic carbocycles. The summed E-state index contributed by atoms with van der Waals surface area (Å²) in [6.45, 7) is 7.67. The van der Waals surface area contributed by atoms with Gasteiger partial charge < -0.3 is 9.64 Å². The number of carbonyl (C=O) groups excluding carboxylic acids is 2. The van der Waals surface area contributed by atoms with Crippen molar-refractivity contribution in [3.8, 4) is 11.5 Å². The normalized spacial score (nSPS) is 13.3. The maximum atomic E-state index is 13.7. The monoisotopic (exact) mass is 683 g/mol. The number of Topliss-reactive ketones (excluding diaryl/α,β-unsaturated/α-hetero) is 1. The number of ketones is 1. The van der Waals surface area contributed by atoms with E-state index < -0.39 is 30.0 Å². The molecular formula is C35H41NO9S2. The lowest BCUT2D eigenvalue weighted by atomic mass is 9.90. The van der Waals surface area contributed by atoms with E-state index in [0.29, 0.717) is 54.5 Å². The Balaban J connectivity index is 1.96. The Labute approximate surface area is 276 Å². The fraction of sp³-hybridized carbons (Fsp3) is 0.371. The van der Waals surface area contributed by atoms with Crippen LogP contribution in [-0.4, -0.2) is 56.1 Å². The van der Waals surface area contributed by atoms with E-state index in [-0.39, 0.29) is 57.9 Å². The predicted octanol–water partition coefficient (Wildman–Crippen LogP) is 4.95. The van der Waals surface area contributed by atoms with Gasteiger partial charge in [-0.2, -0.15) is 16.8 Å². The number of amides is 1. The van der Waals surface area contributed by atoms with Crippen molar-refractivity contribution in [2.45, 2.75) is 76.0 Å². The van der Waals surface area contributed by atoms with Gasteiger partial charge in [0.05, 0.1) is 0 Å². The van der Waals surface area contributed by atoms with Crippen LogP contribution in [0.4, 0.5) is 0 Å². The third kappa shape index (κ3) is 7.83. The second kappa shape index (κ2) is 14.5. The molecule has 0 unspecified atom stereocenters. The highest BCUT2D eigenvalue weighted by molar-refractivity contribution is 7.86. The van der Waals surface area contributed by atoms with E-state index in [1.807, 2.05) is 20.8 Å². The van der Waals surface area contributed by atoms with Crippen LogP contribution < -0.4 is 15.2 Å². The Morgan fingerprint density at radius 3 is 2.19 bits per heavy atom. The molecule has 47 heavy (non-hydrogen) atoms. The lowest BCUT2D eigenvalue weighted by Crippen LogP contribution is -2.30. The van der Waals surface area contributed by atoms with Crippen molar-refractivity contribution < 1.29 is 40.3 Å². The number of aryl methyl sites for hydroxylation is 1. The van der Waals surface area contributed by atoms with Gasteiger partial charge in [0.25, 0.3) is 26.1 Å². The van der Waals surface area contributed by atoms with Crippen molar-refractivity contribution in [2.24, 2.45) is 5.92 Å². The number of rotatable bonds is 13. The standard InChI is InChI=1S/C35H41NO9S2/c1-6-11-23-16-18-27-29(21-25-13-8-9-14-26(25)35(38)36(5)20-10-15-30(37)22(3)4)28-19-17-24(12-7-2)34(47(42,43)44)32(28)45-31(27)33(23)46(39,40)41/h8-9,11,13-14,16-19,22H,6-7,10,12,15,20-21H2,1-5H3,(H,39,40,41)(H,42,43,44)/b23-11+. The van der Waals surface area contributed by atoms with Crippen LogP contribution in [0.25, 0.3) is 11.6 Å². The Morgan fingerprint density at radius 2 is 1.57 bits per heavy atom. The topological polar surface area (TPSA) is 155 Å². The second-order valence-electron chi connectivity index (χ2n) is 12.0. The van der Waals surface area contributed by atoms with Crippen molar-refractivity contribution in [1.29, 1.82) is 0 Å². The third-order valence-electron chi connectivity index (χ3n) is 8.17. The molecule has 2 N–H and O–H groups in total. The molecule has 1 aliphatic heterocycles. The highest BCUT2D eigenvalue weighted by Gasteiger charge is 2.33. The molecule has 1 heterocycles. The first-order valence-corrected chi connectivity index (χ1v) is 18.5. The number of hydrogen-bond donors (Lipinski definition) is 2. The lowest BCUT2D eigenvalue weighted by Gasteiger charge is -2.26. The zero-order valence-corrected chi connectivity index (χ0v) is 28.9. The summed E-state index contributed by atoms with van der Waals surface area (Å²) in [5, 5.41) is 0.452. The van der Waals surface area contributed by atoms with E-state index in [1.54, 1.807) is 67.4 Å². The van der Waals surface area contributed by atoms with Gasteiger partial charge in [-0.25, -0.2) is 0 Å². The van der Waals surface area contributed by atoms with Gasteiger partial charge in [0.2, 0.25) is 0 Å². The Hall–Kier alpha value is -3.84. The Morgan fingerprint density at radius 1 is 0.894 bits per heavy atom. The zero-order valence-electron chi connectivity index (χ0n) is 27.2. The first-order valence-electron chi connectivity index (χ1n) is 15.6. The van der Waals surface area contributed by atoms with Gasteiger partial charge >= 0.3 is 0 Å². The number of ether oxygens (including phenoxy) is 1. The molecule has 0 fully saturated rings. The molecule has 0 bridgehead atoms. The minimum absolute atomic E-state index is 0.0464. The number of benzene rings is 3. The van der Waals surface area contributed by atoms with E-state index in [0.717, 1.165) is 0 Å². The SMILES string of the molecule is CC/C=c1\ccc2c(c1S(=O)(=O)O)Oc1c(ccc(CCC)c1S(=O)(=O)O)C=2Cc1ccccc1C(=O)N(C)CCCC(=O)C(C)C. The van der Waals surface area contributed by atoms with E-state index in [1.165, 1.54) is 6.07 Å². The second-order valence-corrected chi connectivity index (χ2v) is 14.7. The first kappa shape index (κ1) is 36.0. The predicted molar refractivity (Wildman–Crippen MR) is 179 cm³/mol. The zero-order chi connectivity index (χ0) is 34.7. The van der Waals surface area contributed by atoms with Gasteiger partial charge in [-0.3, -0.25) is 18.7 Å². The summed E-state index contributed by atoms with van der Waals surface area (Å²) in [6.07, 6.45) is 3.77. The summed E-state index contributed by atoms with van der Waals surface area (Å²) in [4.78, 5) is 26.3. The number of carbonyl (C=O) groups is 2. The summed E-state index contributed by atoms with van der Waals surface area (Å²) in [5.41, 5.74) is 1.96. The van der Waals surface area contributed by atoms with Gasteiger partial charge in [-0.1, -0.05) is 82.7 Å². The maximum Gasteiger partial charge on any atom is 0.298 e. The summed E-state index contributed by atoms with van der Waals surface area (Å²) in [5.74, 6) is -0.777. The average Bonchev–Trinajstić information content (AvgIpc) is 2.99. The molecule has 0 radical (unpaired) electrons. The number of hydrogen-bond acceptors (Lipinski definition) is 7. The Bertz CT molecular complexity index is 2050. The number of fused-ring (bicyclic) bond motifs is 2. The highest BCUT2D eigenvalue weighted by Crippen LogP contribution is 2.42. The van der Waals surface area contributed by atoms with Crippen LogP contribution in [-0.2, 0) is 37.9 Å². The minimum atomic E-state index is -4.88. The fourth-order valence-electron chi connectivity index (χ4n) is 5.85. The molecule has 10 nitrogen and oxygen atoms in total. The van der Waals surface area contributed by atoms with E-state index in [9.17, 15) is 35.5 Å². The van der Waals surface area contributed by atoms with Crippen molar-refractivity contribution in [2.75, 3.05) is 13.6 Å². The molecule has 0 saturated heterocycles. The molecule has 3 aromatic rings. The largest absolute Gasteiger partial charge is 0.453 e. The lowest BCUT2D eigenvalue weighted by molar-refractivity contribution is -0.122. The smallest absolute Gasteiger partial charge is 0.298 e. The van der Waals surface area contributed by atoms with Gasteiger partial charge in [0.1, 0.15) is 15.6 Å². The molecule has 0 aromatic heterocycles. The van der Waals surface area contributed by atoms with Crippen molar-refractivity contribution >= 4 is 43.6 Å². The molecule has 4 rings (SSSR count). The van der Waals surface area contributed by atoms with Gasteiger partial charge in [-0.15, -0.1) is 0 Å². The van der Waals surface area contributed by atoms with Crippen LogP contribution in [0.2, 0.25) is 0 Å². The third-order valence-corrected chi connectivity index (χ3v) is 10.1. The first-order chi connectivity index (χ1) is 22.1. The quantitative estimate of drug-likeness (QED) is 0.238. The molecule has 0 spiro atoms. The van der Waals surface area contributed by atoms with Crippen LogP contribution in [0.3, 0.4) is 0 Å². The average molecular weight is 684 g/mol. The summed E-state index contributed by atoms with van der Waals surface area (Å²) in [6, 6.07) is 13.3. The molecule has 1 aliphatic rings. The van der Waals surface area contributed by atoms with Gasteiger partial charge in [-0.05, 0) is 53.7 Å². The summed E-state index contributed by atoms with van der Waals surface area (Å²) >= 11 is 0. The maximum absolute atomic E-state index is 13.7. The van der Waals surface area contributed by atoms with Gasteiger partial charge in [0, 0.05) is 42.3 Å². The molecule has 252 valence electrons. The van der Waals surface area contributed by atoms with Gasteiger partial charge in [0.15, 0.2) is 11.5 Å².